The number of hydrogen-bond acceptors (Lipinski definition) is 5. The fourth-order valence-electron chi connectivity index (χ4n) is 1.39. The van der Waals surface area contributed by atoms with E-state index in [9.17, 15) is 18.0 Å². The minimum absolute atomic E-state index is 0.153. The maximum atomic E-state index is 11.5. The second kappa shape index (κ2) is 4.61. The van der Waals surface area contributed by atoms with Crippen LogP contribution >= 0.6 is 11.6 Å². The van der Waals surface area contributed by atoms with Crippen LogP contribution in [0.5, 0.6) is 0 Å². The highest BCUT2D eigenvalue weighted by atomic mass is 35.5. The molecular weight excluding hydrogens is 296 g/mol. The molecule has 19 heavy (non-hydrogen) atoms. The van der Waals surface area contributed by atoms with E-state index in [0.29, 0.717) is 0 Å². The average Bonchev–Trinajstić information content (AvgIpc) is 2.26. The van der Waals surface area contributed by atoms with Crippen molar-refractivity contribution in [3.05, 3.63) is 50.3 Å². The van der Waals surface area contributed by atoms with Crippen molar-refractivity contribution in [1.29, 1.82) is 0 Å². The van der Waals surface area contributed by atoms with Crippen LogP contribution in [0.15, 0.2) is 38.9 Å². The lowest BCUT2D eigenvalue weighted by atomic mass is 10.3. The van der Waals surface area contributed by atoms with Crippen molar-refractivity contribution in [2.24, 2.45) is 5.14 Å². The van der Waals surface area contributed by atoms with Gasteiger partial charge in [0, 0.05) is 0 Å². The number of rotatable bonds is 2. The summed E-state index contributed by atoms with van der Waals surface area (Å²) in [4.78, 5) is 24.1. The van der Waals surface area contributed by atoms with E-state index in [1.165, 1.54) is 12.1 Å². The molecule has 0 radical (unpaired) electrons. The van der Waals surface area contributed by atoms with E-state index < -0.39 is 21.3 Å². The van der Waals surface area contributed by atoms with Crippen LogP contribution in [0.4, 0.5) is 0 Å². The molecule has 2 aromatic rings. The van der Waals surface area contributed by atoms with Crippen LogP contribution in [0.2, 0.25) is 5.02 Å². The number of nitrogens with two attached hydrogens (primary N) is 1. The number of aromatic amines is 1. The zero-order valence-electron chi connectivity index (χ0n) is 9.20. The van der Waals surface area contributed by atoms with Gasteiger partial charge in [0.25, 0.3) is 5.56 Å². The van der Waals surface area contributed by atoms with Crippen LogP contribution in [-0.4, -0.2) is 23.2 Å². The van der Waals surface area contributed by atoms with E-state index in [1.54, 1.807) is 0 Å². The summed E-state index contributed by atoms with van der Waals surface area (Å²) in [5, 5.41) is 8.40. The second-order valence-electron chi connectivity index (χ2n) is 3.51. The van der Waals surface area contributed by atoms with E-state index in [1.807, 2.05) is 4.98 Å². The first-order chi connectivity index (χ1) is 8.79. The molecule has 8 nitrogen and oxygen atoms in total. The summed E-state index contributed by atoms with van der Waals surface area (Å²) in [5.74, 6) is 0. The number of H-pyrrole nitrogens is 1. The molecule has 0 spiro atoms. The van der Waals surface area contributed by atoms with Crippen LogP contribution in [0.25, 0.3) is 5.69 Å². The van der Waals surface area contributed by atoms with E-state index in [2.05, 4.69) is 5.10 Å². The van der Waals surface area contributed by atoms with Crippen LogP contribution < -0.4 is 16.4 Å². The van der Waals surface area contributed by atoms with Gasteiger partial charge >= 0.3 is 5.69 Å². The molecule has 0 saturated heterocycles. The van der Waals surface area contributed by atoms with Crippen LogP contribution in [-0.2, 0) is 10.0 Å². The number of aromatic nitrogens is 3. The lowest BCUT2D eigenvalue weighted by Gasteiger charge is -2.06. The molecule has 10 heteroatoms. The van der Waals surface area contributed by atoms with Crippen molar-refractivity contribution in [2.45, 2.75) is 4.90 Å². The molecule has 100 valence electrons. The van der Waals surface area contributed by atoms with Crippen LogP contribution in [0.3, 0.4) is 0 Å². The molecule has 0 unspecified atom stereocenters. The minimum atomic E-state index is -3.95. The molecule has 0 bridgehead atoms. The van der Waals surface area contributed by atoms with Gasteiger partial charge in [-0.2, -0.15) is 9.78 Å². The Morgan fingerprint density at radius 3 is 2.53 bits per heavy atom. The lowest BCUT2D eigenvalue weighted by Crippen LogP contribution is -2.30. The van der Waals surface area contributed by atoms with Crippen molar-refractivity contribution in [3.8, 4) is 5.69 Å². The quantitative estimate of drug-likeness (QED) is 0.752. The minimum Gasteiger partial charge on any atom is -0.271 e. The number of sulfonamides is 1. The van der Waals surface area contributed by atoms with Crippen molar-refractivity contribution in [3.63, 3.8) is 0 Å². The molecule has 0 saturated carbocycles. The number of primary sulfonamides is 1. The largest absolute Gasteiger partial charge is 0.349 e. The van der Waals surface area contributed by atoms with Crippen molar-refractivity contribution < 1.29 is 8.42 Å². The third kappa shape index (κ3) is 2.72. The SMILES string of the molecule is NS(=O)(=O)c1ccc(-n2ncc(=O)[nH]c2=O)cc1Cl. The number of benzene rings is 1. The maximum Gasteiger partial charge on any atom is 0.349 e. The summed E-state index contributed by atoms with van der Waals surface area (Å²) in [6, 6.07) is 3.64. The summed E-state index contributed by atoms with van der Waals surface area (Å²) in [7, 11) is -3.95. The molecule has 0 atom stereocenters. The Morgan fingerprint density at radius 2 is 2.00 bits per heavy atom. The summed E-state index contributed by atoms with van der Waals surface area (Å²) < 4.78 is 23.2. The average molecular weight is 303 g/mol. The predicted molar refractivity (Wildman–Crippen MR) is 66.8 cm³/mol. The Morgan fingerprint density at radius 1 is 1.32 bits per heavy atom. The summed E-state index contributed by atoms with van der Waals surface area (Å²) >= 11 is 5.77. The van der Waals surface area contributed by atoms with Gasteiger partial charge in [-0.05, 0) is 18.2 Å². The van der Waals surface area contributed by atoms with Gasteiger partial charge in [-0.25, -0.2) is 18.4 Å². The van der Waals surface area contributed by atoms with Crippen molar-refractivity contribution >= 4 is 21.6 Å². The molecule has 0 aliphatic carbocycles. The summed E-state index contributed by atoms with van der Waals surface area (Å²) in [6.45, 7) is 0. The van der Waals surface area contributed by atoms with Gasteiger partial charge < -0.3 is 0 Å². The lowest BCUT2D eigenvalue weighted by molar-refractivity contribution is 0.598. The Labute approximate surface area is 111 Å². The third-order valence-corrected chi connectivity index (χ3v) is 3.57. The Kier molecular flexibility index (Phi) is 3.27. The van der Waals surface area contributed by atoms with Gasteiger partial charge in [-0.3, -0.25) is 9.78 Å². The van der Waals surface area contributed by atoms with Crippen molar-refractivity contribution in [2.75, 3.05) is 0 Å². The molecule has 0 aliphatic rings. The Hall–Kier alpha value is -1.97. The van der Waals surface area contributed by atoms with Gasteiger partial charge in [0.15, 0.2) is 0 Å². The van der Waals surface area contributed by atoms with Gasteiger partial charge in [0.1, 0.15) is 11.1 Å². The monoisotopic (exact) mass is 302 g/mol. The molecule has 3 N–H and O–H groups in total. The number of hydrogen-bond donors (Lipinski definition) is 2. The first-order valence-corrected chi connectivity index (χ1v) is 6.73. The molecule has 2 rings (SSSR count). The van der Waals surface area contributed by atoms with Gasteiger partial charge in [0.05, 0.1) is 10.7 Å². The smallest absolute Gasteiger partial charge is 0.271 e. The Bertz CT molecular complexity index is 855. The highest BCUT2D eigenvalue weighted by Crippen LogP contribution is 2.22. The fraction of sp³-hybridized carbons (Fsp3) is 0. The normalized spacial score (nSPS) is 11.5. The van der Waals surface area contributed by atoms with E-state index in [4.69, 9.17) is 16.7 Å². The van der Waals surface area contributed by atoms with Gasteiger partial charge in [-0.15, -0.1) is 0 Å². The molecular formula is C9H7ClN4O4S. The topological polar surface area (TPSA) is 128 Å². The van der Waals surface area contributed by atoms with Gasteiger partial charge in [0.2, 0.25) is 10.0 Å². The van der Waals surface area contributed by atoms with Crippen molar-refractivity contribution in [1.82, 2.24) is 14.8 Å². The molecule has 1 heterocycles. The van der Waals surface area contributed by atoms with Crippen LogP contribution in [0, 0.1) is 0 Å². The number of nitrogens with one attached hydrogen (secondary N) is 1. The predicted octanol–water partition coefficient (Wildman–Crippen LogP) is -0.778. The molecule has 0 fully saturated rings. The highest BCUT2D eigenvalue weighted by Gasteiger charge is 2.14. The highest BCUT2D eigenvalue weighted by molar-refractivity contribution is 7.89. The summed E-state index contributed by atoms with van der Waals surface area (Å²) in [6.07, 6.45) is 0.906. The number of nitrogens with zero attached hydrogens (tertiary/aromatic N) is 2. The third-order valence-electron chi connectivity index (χ3n) is 2.18. The molecule has 0 aliphatic heterocycles. The fourth-order valence-corrected chi connectivity index (χ4v) is 2.48. The van der Waals surface area contributed by atoms with E-state index >= 15 is 0 Å². The second-order valence-corrected chi connectivity index (χ2v) is 5.45. The van der Waals surface area contributed by atoms with E-state index in [0.717, 1.165) is 16.9 Å². The van der Waals surface area contributed by atoms with E-state index in [-0.39, 0.29) is 15.6 Å². The maximum absolute atomic E-state index is 11.5. The standard InChI is InChI=1S/C9H7ClN4O4S/c10-6-3-5(1-2-7(6)19(11,17)18)14-9(16)13-8(15)4-12-14/h1-4H,(H2,11,17,18)(H,13,15,16). The first-order valence-electron chi connectivity index (χ1n) is 4.80. The number of halogens is 1. The Balaban J connectivity index is 2.63. The zero-order chi connectivity index (χ0) is 14.2. The first kappa shape index (κ1) is 13.5. The molecule has 1 aromatic heterocycles. The van der Waals surface area contributed by atoms with Crippen LogP contribution in [0.1, 0.15) is 0 Å². The zero-order valence-corrected chi connectivity index (χ0v) is 10.8. The molecule has 0 amide bonds. The molecule has 1 aromatic carbocycles. The van der Waals surface area contributed by atoms with Gasteiger partial charge in [-0.1, -0.05) is 11.6 Å². The summed E-state index contributed by atoms with van der Waals surface area (Å²) in [5.41, 5.74) is -1.22.